The van der Waals surface area contributed by atoms with Crippen LogP contribution in [0.4, 0.5) is 0 Å². The minimum absolute atomic E-state index is 0.107. The number of aryl methyl sites for hydroxylation is 2. The summed E-state index contributed by atoms with van der Waals surface area (Å²) >= 11 is 0. The summed E-state index contributed by atoms with van der Waals surface area (Å²) in [6.07, 6.45) is 1.39. The van der Waals surface area contributed by atoms with Gasteiger partial charge in [0.05, 0.1) is 24.4 Å². The molecule has 0 aliphatic carbocycles. The summed E-state index contributed by atoms with van der Waals surface area (Å²) in [7, 11) is -2.19. The molecule has 1 heterocycles. The van der Waals surface area contributed by atoms with Crippen LogP contribution in [0.5, 0.6) is 0 Å². The van der Waals surface area contributed by atoms with Crippen LogP contribution in [-0.4, -0.2) is 47.2 Å². The van der Waals surface area contributed by atoms with Crippen LogP contribution in [0.15, 0.2) is 17.6 Å². The number of carboxylic acid groups (broad SMARTS) is 1. The Labute approximate surface area is 118 Å². The summed E-state index contributed by atoms with van der Waals surface area (Å²) in [5.41, 5.74) is 0.809. The molecule has 1 aromatic heterocycles. The average Bonchev–Trinajstić information content (AvgIpc) is 2.62. The van der Waals surface area contributed by atoms with E-state index in [1.165, 1.54) is 22.1 Å². The van der Waals surface area contributed by atoms with Crippen LogP contribution < -0.4 is 0 Å². The van der Waals surface area contributed by atoms with E-state index in [0.29, 0.717) is 11.4 Å². The molecule has 20 heavy (non-hydrogen) atoms. The van der Waals surface area contributed by atoms with Gasteiger partial charge in [-0.3, -0.25) is 9.48 Å². The number of hydrogen-bond acceptors (Lipinski definition) is 4. The first-order valence-electron chi connectivity index (χ1n) is 6.04. The quantitative estimate of drug-likeness (QED) is 0.751. The molecule has 0 spiro atoms. The molecule has 0 aliphatic heterocycles. The molecule has 0 atom stereocenters. The standard InChI is InChI=1S/C12H19N3O4S/c1-5-7-14(4)20(18,19)12-9(2)13-15(10(12)3)8-6-11(16)17/h5H,1,6-8H2,2-4H3,(H,16,17). The molecule has 0 radical (unpaired) electrons. The smallest absolute Gasteiger partial charge is 0.305 e. The highest BCUT2D eigenvalue weighted by Crippen LogP contribution is 2.22. The van der Waals surface area contributed by atoms with Gasteiger partial charge in [-0.05, 0) is 13.8 Å². The summed E-state index contributed by atoms with van der Waals surface area (Å²) in [6, 6.07) is 0. The molecule has 1 rings (SSSR count). The zero-order valence-electron chi connectivity index (χ0n) is 11.8. The van der Waals surface area contributed by atoms with Gasteiger partial charge in [0, 0.05) is 13.6 Å². The lowest BCUT2D eigenvalue weighted by molar-refractivity contribution is -0.137. The Kier molecular flexibility index (Phi) is 5.07. The van der Waals surface area contributed by atoms with Gasteiger partial charge in [-0.2, -0.15) is 9.40 Å². The Bertz CT molecular complexity index is 619. The highest BCUT2D eigenvalue weighted by atomic mass is 32.2. The summed E-state index contributed by atoms with van der Waals surface area (Å²) in [4.78, 5) is 10.7. The second-order valence-electron chi connectivity index (χ2n) is 4.44. The largest absolute Gasteiger partial charge is 0.481 e. The van der Waals surface area contributed by atoms with Crippen LogP contribution in [0.3, 0.4) is 0 Å². The van der Waals surface area contributed by atoms with Crippen LogP contribution >= 0.6 is 0 Å². The molecule has 7 nitrogen and oxygen atoms in total. The normalized spacial score (nSPS) is 11.8. The molecule has 0 unspecified atom stereocenters. The van der Waals surface area contributed by atoms with Gasteiger partial charge in [0.15, 0.2) is 0 Å². The van der Waals surface area contributed by atoms with Crippen molar-refractivity contribution in [2.45, 2.75) is 31.7 Å². The maximum Gasteiger partial charge on any atom is 0.305 e. The van der Waals surface area contributed by atoms with Crippen molar-refractivity contribution in [3.63, 3.8) is 0 Å². The van der Waals surface area contributed by atoms with Gasteiger partial charge in [0.25, 0.3) is 0 Å². The minimum atomic E-state index is -3.65. The fourth-order valence-electron chi connectivity index (χ4n) is 1.91. The van der Waals surface area contributed by atoms with Crippen molar-refractivity contribution in [2.75, 3.05) is 13.6 Å². The summed E-state index contributed by atoms with van der Waals surface area (Å²) in [5, 5.41) is 12.8. The van der Waals surface area contributed by atoms with E-state index in [4.69, 9.17) is 5.11 Å². The molecule has 1 N–H and O–H groups in total. The molecule has 0 saturated carbocycles. The summed E-state index contributed by atoms with van der Waals surface area (Å²) in [5.74, 6) is -0.953. The highest BCUT2D eigenvalue weighted by Gasteiger charge is 2.28. The van der Waals surface area contributed by atoms with E-state index in [1.54, 1.807) is 13.8 Å². The molecule has 0 saturated heterocycles. The second-order valence-corrected chi connectivity index (χ2v) is 6.42. The van der Waals surface area contributed by atoms with Gasteiger partial charge >= 0.3 is 5.97 Å². The van der Waals surface area contributed by atoms with Crippen molar-refractivity contribution >= 4 is 16.0 Å². The van der Waals surface area contributed by atoms with E-state index >= 15 is 0 Å². The lowest BCUT2D eigenvalue weighted by atomic mass is 10.4. The molecule has 112 valence electrons. The number of nitrogens with zero attached hydrogens (tertiary/aromatic N) is 3. The zero-order valence-corrected chi connectivity index (χ0v) is 12.6. The lowest BCUT2D eigenvalue weighted by Gasteiger charge is -2.15. The molecule has 8 heteroatoms. The van der Waals surface area contributed by atoms with Crippen LogP contribution in [0.2, 0.25) is 0 Å². The third-order valence-electron chi connectivity index (χ3n) is 2.91. The van der Waals surface area contributed by atoms with E-state index in [1.807, 2.05) is 0 Å². The van der Waals surface area contributed by atoms with Gasteiger partial charge in [0.1, 0.15) is 4.90 Å². The van der Waals surface area contributed by atoms with Crippen LogP contribution in [0, 0.1) is 13.8 Å². The van der Waals surface area contributed by atoms with Crippen LogP contribution in [0.25, 0.3) is 0 Å². The molecule has 0 bridgehead atoms. The number of aliphatic carboxylic acids is 1. The topological polar surface area (TPSA) is 92.5 Å². The Balaban J connectivity index is 3.19. The molecular formula is C12H19N3O4S. The van der Waals surface area contributed by atoms with Crippen LogP contribution in [-0.2, 0) is 21.4 Å². The number of aromatic nitrogens is 2. The van der Waals surface area contributed by atoms with Gasteiger partial charge in [-0.15, -0.1) is 6.58 Å². The summed E-state index contributed by atoms with van der Waals surface area (Å²) < 4.78 is 27.4. The predicted molar refractivity (Wildman–Crippen MR) is 74.0 cm³/mol. The Morgan fingerprint density at radius 2 is 2.10 bits per heavy atom. The fourth-order valence-corrected chi connectivity index (χ4v) is 3.41. The maximum atomic E-state index is 12.4. The number of carbonyl (C=O) groups is 1. The Morgan fingerprint density at radius 3 is 2.60 bits per heavy atom. The number of hydrogen-bond donors (Lipinski definition) is 1. The van der Waals surface area contributed by atoms with Gasteiger partial charge in [-0.25, -0.2) is 8.42 Å². The Morgan fingerprint density at radius 1 is 1.50 bits per heavy atom. The van der Waals surface area contributed by atoms with E-state index in [0.717, 1.165) is 0 Å². The van der Waals surface area contributed by atoms with Crippen molar-refractivity contribution in [3.8, 4) is 0 Å². The predicted octanol–water partition coefficient (Wildman–Crippen LogP) is 0.781. The highest BCUT2D eigenvalue weighted by molar-refractivity contribution is 7.89. The molecule has 1 aromatic rings. The fraction of sp³-hybridized carbons (Fsp3) is 0.500. The monoisotopic (exact) mass is 301 g/mol. The molecule has 0 aromatic carbocycles. The van der Waals surface area contributed by atoms with Crippen molar-refractivity contribution in [1.29, 1.82) is 0 Å². The minimum Gasteiger partial charge on any atom is -0.481 e. The van der Waals surface area contributed by atoms with Gasteiger partial charge < -0.3 is 5.11 Å². The molecule has 0 amide bonds. The summed E-state index contributed by atoms with van der Waals surface area (Å²) in [6.45, 7) is 7.07. The number of carboxylic acids is 1. The first kappa shape index (κ1) is 16.4. The Hall–Kier alpha value is -1.67. The van der Waals surface area contributed by atoms with E-state index in [2.05, 4.69) is 11.7 Å². The van der Waals surface area contributed by atoms with Crippen molar-refractivity contribution < 1.29 is 18.3 Å². The maximum absolute atomic E-state index is 12.4. The molecular weight excluding hydrogens is 282 g/mol. The van der Waals surface area contributed by atoms with Crippen LogP contribution in [0.1, 0.15) is 17.8 Å². The van der Waals surface area contributed by atoms with Crippen molar-refractivity contribution in [2.24, 2.45) is 0 Å². The van der Waals surface area contributed by atoms with Gasteiger partial charge in [0.2, 0.25) is 10.0 Å². The van der Waals surface area contributed by atoms with E-state index < -0.39 is 16.0 Å². The van der Waals surface area contributed by atoms with Crippen molar-refractivity contribution in [3.05, 3.63) is 24.0 Å². The number of sulfonamides is 1. The van der Waals surface area contributed by atoms with E-state index in [-0.39, 0.29) is 24.4 Å². The lowest BCUT2D eigenvalue weighted by Crippen LogP contribution is -2.28. The molecule has 0 aliphatic rings. The zero-order chi connectivity index (χ0) is 15.5. The van der Waals surface area contributed by atoms with Gasteiger partial charge in [-0.1, -0.05) is 6.08 Å². The third-order valence-corrected chi connectivity index (χ3v) is 4.98. The average molecular weight is 301 g/mol. The molecule has 0 fully saturated rings. The number of likely N-dealkylation sites (N-methyl/N-ethyl adjacent to an activating group) is 1. The van der Waals surface area contributed by atoms with E-state index in [9.17, 15) is 13.2 Å². The first-order valence-corrected chi connectivity index (χ1v) is 7.48. The number of rotatable bonds is 7. The van der Waals surface area contributed by atoms with Crippen molar-refractivity contribution in [1.82, 2.24) is 14.1 Å². The first-order chi connectivity index (χ1) is 9.21. The SMILES string of the molecule is C=CCN(C)S(=O)(=O)c1c(C)nn(CCC(=O)O)c1C. The third kappa shape index (κ3) is 3.26. The second kappa shape index (κ2) is 6.19.